The summed E-state index contributed by atoms with van der Waals surface area (Å²) in [5.41, 5.74) is 7.12. The number of likely N-dealkylation sites (N-methyl/N-ethyl adjacent to an activating group) is 1. The third-order valence-corrected chi connectivity index (χ3v) is 7.57. The van der Waals surface area contributed by atoms with Gasteiger partial charge >= 0.3 is 0 Å². The van der Waals surface area contributed by atoms with Crippen LogP contribution in [0.4, 0.5) is 5.69 Å². The summed E-state index contributed by atoms with van der Waals surface area (Å²) in [4.78, 5) is 7.72. The van der Waals surface area contributed by atoms with E-state index in [1.165, 1.54) is 27.9 Å². The molecular formula is C30H37N3O. The number of nitrogens with zero attached hydrogens (tertiary/aromatic N) is 3. The number of piperazine rings is 1. The van der Waals surface area contributed by atoms with Crippen molar-refractivity contribution in [1.29, 1.82) is 0 Å². The fraction of sp³-hybridized carbons (Fsp3) is 0.400. The molecule has 0 spiro atoms. The lowest BCUT2D eigenvalue weighted by atomic mass is 9.85. The van der Waals surface area contributed by atoms with Crippen LogP contribution in [0.25, 0.3) is 0 Å². The molecular weight excluding hydrogens is 418 g/mol. The van der Waals surface area contributed by atoms with Crippen LogP contribution in [0.5, 0.6) is 5.75 Å². The van der Waals surface area contributed by atoms with E-state index in [0.29, 0.717) is 6.04 Å². The first-order valence-corrected chi connectivity index (χ1v) is 12.7. The molecule has 0 radical (unpaired) electrons. The number of hydrogen-bond donors (Lipinski definition) is 0. The summed E-state index contributed by atoms with van der Waals surface area (Å²) in [5, 5.41) is 0. The average Bonchev–Trinajstić information content (AvgIpc) is 2.89. The number of ether oxygens (including phenoxy) is 1. The molecule has 1 fully saturated rings. The SMILES string of the molecule is COc1ccc(N2CCN(C)CC2)c2c1CCC(N(Cc1ccccc1)Cc1ccccc1)C2. The maximum atomic E-state index is 5.82. The van der Waals surface area contributed by atoms with Gasteiger partial charge in [0.15, 0.2) is 0 Å². The topological polar surface area (TPSA) is 19.0 Å². The molecule has 178 valence electrons. The van der Waals surface area contributed by atoms with Gasteiger partial charge in [-0.25, -0.2) is 0 Å². The zero-order valence-electron chi connectivity index (χ0n) is 20.6. The second kappa shape index (κ2) is 10.6. The Bertz CT molecular complexity index is 1020. The van der Waals surface area contributed by atoms with E-state index in [9.17, 15) is 0 Å². The highest BCUT2D eigenvalue weighted by atomic mass is 16.5. The van der Waals surface area contributed by atoms with Gasteiger partial charge < -0.3 is 14.5 Å². The Morgan fingerprint density at radius 2 is 1.41 bits per heavy atom. The number of anilines is 1. The fourth-order valence-corrected chi connectivity index (χ4v) is 5.61. The predicted octanol–water partition coefficient (Wildman–Crippen LogP) is 5.01. The summed E-state index contributed by atoms with van der Waals surface area (Å²) in [6, 6.07) is 26.9. The molecule has 5 rings (SSSR count). The van der Waals surface area contributed by atoms with Crippen LogP contribution in [0, 0.1) is 0 Å². The molecule has 3 aromatic carbocycles. The number of fused-ring (bicyclic) bond motifs is 1. The van der Waals surface area contributed by atoms with Crippen molar-refractivity contribution in [2.75, 3.05) is 45.2 Å². The van der Waals surface area contributed by atoms with Gasteiger partial charge in [0.25, 0.3) is 0 Å². The van der Waals surface area contributed by atoms with E-state index in [-0.39, 0.29) is 0 Å². The minimum absolute atomic E-state index is 0.506. The van der Waals surface area contributed by atoms with Gasteiger partial charge in [0.2, 0.25) is 0 Å². The minimum Gasteiger partial charge on any atom is -0.496 e. The Morgan fingerprint density at radius 3 is 2.00 bits per heavy atom. The highest BCUT2D eigenvalue weighted by molar-refractivity contribution is 5.62. The second-order valence-electron chi connectivity index (χ2n) is 9.81. The quantitative estimate of drug-likeness (QED) is 0.499. The zero-order valence-corrected chi connectivity index (χ0v) is 20.6. The molecule has 0 bridgehead atoms. The molecule has 1 unspecified atom stereocenters. The molecule has 0 saturated carbocycles. The largest absolute Gasteiger partial charge is 0.496 e. The van der Waals surface area contributed by atoms with E-state index < -0.39 is 0 Å². The molecule has 0 aromatic heterocycles. The van der Waals surface area contributed by atoms with Crippen LogP contribution in [0.15, 0.2) is 72.8 Å². The van der Waals surface area contributed by atoms with E-state index in [1.54, 1.807) is 0 Å². The van der Waals surface area contributed by atoms with Crippen LogP contribution < -0.4 is 9.64 Å². The number of benzene rings is 3. The fourth-order valence-electron chi connectivity index (χ4n) is 5.61. The Hall–Kier alpha value is -2.82. The molecule has 3 aromatic rings. The Morgan fingerprint density at radius 1 is 0.794 bits per heavy atom. The smallest absolute Gasteiger partial charge is 0.122 e. The van der Waals surface area contributed by atoms with Crippen LogP contribution in [-0.4, -0.2) is 56.2 Å². The van der Waals surface area contributed by atoms with Crippen molar-refractivity contribution in [2.24, 2.45) is 0 Å². The monoisotopic (exact) mass is 455 g/mol. The molecule has 1 atom stereocenters. The summed E-state index contributed by atoms with van der Waals surface area (Å²) < 4.78 is 5.82. The van der Waals surface area contributed by atoms with E-state index in [2.05, 4.69) is 94.5 Å². The Balaban J connectivity index is 1.45. The number of rotatable bonds is 7. The first-order valence-electron chi connectivity index (χ1n) is 12.7. The van der Waals surface area contributed by atoms with Gasteiger partial charge in [0, 0.05) is 51.0 Å². The van der Waals surface area contributed by atoms with Gasteiger partial charge in [0.1, 0.15) is 5.75 Å². The van der Waals surface area contributed by atoms with Crippen molar-refractivity contribution in [3.8, 4) is 5.75 Å². The molecule has 1 saturated heterocycles. The maximum Gasteiger partial charge on any atom is 0.122 e. The van der Waals surface area contributed by atoms with Crippen LogP contribution in [0.1, 0.15) is 28.7 Å². The first-order chi connectivity index (χ1) is 16.7. The summed E-state index contributed by atoms with van der Waals surface area (Å²) in [5.74, 6) is 1.06. The van der Waals surface area contributed by atoms with Crippen molar-refractivity contribution >= 4 is 5.69 Å². The molecule has 0 N–H and O–H groups in total. The summed E-state index contributed by atoms with van der Waals surface area (Å²) in [7, 11) is 4.04. The average molecular weight is 456 g/mol. The molecule has 0 amide bonds. The predicted molar refractivity (Wildman–Crippen MR) is 141 cm³/mol. The van der Waals surface area contributed by atoms with E-state index in [4.69, 9.17) is 4.74 Å². The minimum atomic E-state index is 0.506. The van der Waals surface area contributed by atoms with Crippen LogP contribution >= 0.6 is 0 Å². The highest BCUT2D eigenvalue weighted by Crippen LogP contribution is 2.38. The van der Waals surface area contributed by atoms with E-state index in [0.717, 1.165) is 64.3 Å². The molecule has 2 aliphatic rings. The lowest BCUT2D eigenvalue weighted by Gasteiger charge is -2.40. The molecule has 1 heterocycles. The summed E-state index contributed by atoms with van der Waals surface area (Å²) in [6.07, 6.45) is 3.31. The van der Waals surface area contributed by atoms with Crippen LogP contribution in [-0.2, 0) is 25.9 Å². The standard InChI is InChI=1S/C30H37N3O/c1-31-17-19-32(20-18-31)29-15-16-30(34-2)27-14-13-26(21-28(27)29)33(22-24-9-5-3-6-10-24)23-25-11-7-4-8-12-25/h3-12,15-16,26H,13-14,17-23H2,1-2H3. The van der Waals surface area contributed by atoms with E-state index in [1.807, 2.05) is 7.11 Å². The number of methoxy groups -OCH3 is 1. The summed E-state index contributed by atoms with van der Waals surface area (Å²) >= 11 is 0. The van der Waals surface area contributed by atoms with Crippen molar-refractivity contribution in [3.63, 3.8) is 0 Å². The third-order valence-electron chi connectivity index (χ3n) is 7.57. The summed E-state index contributed by atoms with van der Waals surface area (Å²) in [6.45, 7) is 6.39. The van der Waals surface area contributed by atoms with Crippen molar-refractivity contribution in [3.05, 3.63) is 95.1 Å². The van der Waals surface area contributed by atoms with Crippen molar-refractivity contribution < 1.29 is 4.74 Å². The third kappa shape index (κ3) is 5.13. The lowest BCUT2D eigenvalue weighted by molar-refractivity contribution is 0.161. The van der Waals surface area contributed by atoms with Gasteiger partial charge in [0.05, 0.1) is 7.11 Å². The molecule has 34 heavy (non-hydrogen) atoms. The lowest BCUT2D eigenvalue weighted by Crippen LogP contribution is -2.45. The molecule has 4 nitrogen and oxygen atoms in total. The molecule has 4 heteroatoms. The molecule has 1 aliphatic carbocycles. The highest BCUT2D eigenvalue weighted by Gasteiger charge is 2.30. The zero-order chi connectivity index (χ0) is 23.3. The van der Waals surface area contributed by atoms with Crippen molar-refractivity contribution in [1.82, 2.24) is 9.80 Å². The first kappa shape index (κ1) is 22.9. The Kier molecular flexibility index (Phi) is 7.17. The second-order valence-corrected chi connectivity index (χ2v) is 9.81. The van der Waals surface area contributed by atoms with Gasteiger partial charge in [-0.05, 0) is 60.7 Å². The van der Waals surface area contributed by atoms with Gasteiger partial charge in [-0.2, -0.15) is 0 Å². The maximum absolute atomic E-state index is 5.82. The van der Waals surface area contributed by atoms with Crippen LogP contribution in [0.2, 0.25) is 0 Å². The van der Waals surface area contributed by atoms with Crippen LogP contribution in [0.3, 0.4) is 0 Å². The molecule has 1 aliphatic heterocycles. The normalized spacial score (nSPS) is 18.7. The van der Waals surface area contributed by atoms with Gasteiger partial charge in [-0.15, -0.1) is 0 Å². The Labute approximate surface area is 204 Å². The number of hydrogen-bond acceptors (Lipinski definition) is 4. The van der Waals surface area contributed by atoms with Crippen molar-refractivity contribution in [2.45, 2.75) is 38.4 Å². The van der Waals surface area contributed by atoms with Gasteiger partial charge in [-0.1, -0.05) is 60.7 Å². The van der Waals surface area contributed by atoms with Gasteiger partial charge in [-0.3, -0.25) is 4.90 Å². The van der Waals surface area contributed by atoms with E-state index >= 15 is 0 Å².